The Hall–Kier alpha value is -0.750. The number of aromatic nitrogens is 1. The van der Waals surface area contributed by atoms with Gasteiger partial charge in [-0.3, -0.25) is 4.79 Å². The van der Waals surface area contributed by atoms with Crippen molar-refractivity contribution in [2.45, 2.75) is 19.1 Å². The molecule has 0 saturated carbocycles. The number of hydrogen-bond acceptors (Lipinski definition) is 5. The Kier molecular flexibility index (Phi) is 3.06. The number of carbonyl (C=O) groups is 1. The van der Waals surface area contributed by atoms with Crippen molar-refractivity contribution in [3.8, 4) is 0 Å². The second-order valence-corrected chi connectivity index (χ2v) is 6.35. The third-order valence-corrected chi connectivity index (χ3v) is 4.56. The van der Waals surface area contributed by atoms with E-state index in [0.29, 0.717) is 10.7 Å². The molecule has 4 nitrogen and oxygen atoms in total. The zero-order chi connectivity index (χ0) is 10.9. The predicted molar refractivity (Wildman–Crippen MR) is 55.4 cm³/mol. The summed E-state index contributed by atoms with van der Waals surface area (Å²) in [5, 5.41) is 1.41. The lowest BCUT2D eigenvalue weighted by Crippen LogP contribution is -2.07. The molecule has 1 aromatic heterocycles. The van der Waals surface area contributed by atoms with Gasteiger partial charge in [0, 0.05) is 18.6 Å². The van der Waals surface area contributed by atoms with Crippen LogP contribution < -0.4 is 0 Å². The Bertz CT molecular complexity index is 447. The van der Waals surface area contributed by atoms with E-state index in [9.17, 15) is 13.2 Å². The summed E-state index contributed by atoms with van der Waals surface area (Å²) in [5.41, 5.74) is 0.334. The SMILES string of the molecule is CC(=O)c1csc(C(C)S(C)(=O)=O)n1. The van der Waals surface area contributed by atoms with Gasteiger partial charge in [-0.15, -0.1) is 11.3 Å². The van der Waals surface area contributed by atoms with Gasteiger partial charge in [-0.1, -0.05) is 0 Å². The van der Waals surface area contributed by atoms with Gasteiger partial charge in [-0.05, 0) is 6.92 Å². The van der Waals surface area contributed by atoms with E-state index in [0.717, 1.165) is 6.26 Å². The van der Waals surface area contributed by atoms with Crippen LogP contribution in [-0.2, 0) is 9.84 Å². The topological polar surface area (TPSA) is 64.1 Å². The van der Waals surface area contributed by atoms with Crippen LogP contribution in [0.25, 0.3) is 0 Å². The molecule has 1 unspecified atom stereocenters. The van der Waals surface area contributed by atoms with Gasteiger partial charge in [0.2, 0.25) is 0 Å². The van der Waals surface area contributed by atoms with E-state index in [4.69, 9.17) is 0 Å². The molecule has 1 heterocycles. The fourth-order valence-corrected chi connectivity index (χ4v) is 2.72. The normalized spacial score (nSPS) is 13.9. The van der Waals surface area contributed by atoms with Crippen LogP contribution in [-0.4, -0.2) is 25.4 Å². The molecule has 1 atom stereocenters. The molecule has 0 radical (unpaired) electrons. The van der Waals surface area contributed by atoms with Crippen LogP contribution in [0.2, 0.25) is 0 Å². The van der Waals surface area contributed by atoms with Crippen molar-refractivity contribution in [1.82, 2.24) is 4.98 Å². The first-order valence-electron chi connectivity index (χ1n) is 3.97. The molecule has 0 bridgehead atoms. The highest BCUT2D eigenvalue weighted by Crippen LogP contribution is 2.24. The quantitative estimate of drug-likeness (QED) is 0.741. The van der Waals surface area contributed by atoms with Crippen molar-refractivity contribution < 1.29 is 13.2 Å². The van der Waals surface area contributed by atoms with E-state index in [2.05, 4.69) is 4.98 Å². The van der Waals surface area contributed by atoms with Gasteiger partial charge < -0.3 is 0 Å². The van der Waals surface area contributed by atoms with E-state index < -0.39 is 15.1 Å². The minimum Gasteiger partial charge on any atom is -0.293 e. The van der Waals surface area contributed by atoms with E-state index >= 15 is 0 Å². The Labute approximate surface area is 86.9 Å². The lowest BCUT2D eigenvalue weighted by Gasteiger charge is -2.03. The molecule has 1 aromatic rings. The second kappa shape index (κ2) is 3.78. The van der Waals surface area contributed by atoms with Crippen molar-refractivity contribution in [2.24, 2.45) is 0 Å². The highest BCUT2D eigenvalue weighted by atomic mass is 32.2. The molecular weight excluding hydrogens is 222 g/mol. The van der Waals surface area contributed by atoms with E-state index in [1.54, 1.807) is 12.3 Å². The van der Waals surface area contributed by atoms with Crippen LogP contribution >= 0.6 is 11.3 Å². The maximum atomic E-state index is 11.2. The van der Waals surface area contributed by atoms with Crippen LogP contribution in [0, 0.1) is 0 Å². The Morgan fingerprint density at radius 2 is 2.14 bits per heavy atom. The Morgan fingerprint density at radius 3 is 2.50 bits per heavy atom. The molecule has 0 fully saturated rings. The molecule has 0 aliphatic heterocycles. The maximum absolute atomic E-state index is 11.2. The summed E-state index contributed by atoms with van der Waals surface area (Å²) in [6.07, 6.45) is 1.16. The van der Waals surface area contributed by atoms with Gasteiger partial charge in [0.15, 0.2) is 15.6 Å². The molecule has 0 amide bonds. The molecule has 0 N–H and O–H groups in total. The van der Waals surface area contributed by atoms with Crippen LogP contribution in [0.1, 0.15) is 34.6 Å². The summed E-state index contributed by atoms with van der Waals surface area (Å²) in [4.78, 5) is 14.9. The van der Waals surface area contributed by atoms with Gasteiger partial charge >= 0.3 is 0 Å². The van der Waals surface area contributed by atoms with Crippen LogP contribution in [0.5, 0.6) is 0 Å². The fourth-order valence-electron chi connectivity index (χ4n) is 0.819. The minimum atomic E-state index is -3.13. The summed E-state index contributed by atoms with van der Waals surface area (Å²) >= 11 is 1.20. The monoisotopic (exact) mass is 233 g/mol. The zero-order valence-corrected chi connectivity index (χ0v) is 9.78. The lowest BCUT2D eigenvalue weighted by molar-refractivity contribution is 0.101. The Balaban J connectivity index is 3.04. The molecule has 1 rings (SSSR count). The van der Waals surface area contributed by atoms with Crippen LogP contribution in [0.3, 0.4) is 0 Å². The Morgan fingerprint density at radius 1 is 1.57 bits per heavy atom. The first-order valence-corrected chi connectivity index (χ1v) is 6.81. The van der Waals surface area contributed by atoms with E-state index in [1.165, 1.54) is 18.3 Å². The largest absolute Gasteiger partial charge is 0.293 e. The summed E-state index contributed by atoms with van der Waals surface area (Å²) in [7, 11) is -3.13. The molecule has 0 saturated heterocycles. The number of nitrogens with zero attached hydrogens (tertiary/aromatic N) is 1. The number of rotatable bonds is 3. The van der Waals surface area contributed by atoms with Crippen molar-refractivity contribution in [1.29, 1.82) is 0 Å². The van der Waals surface area contributed by atoms with Gasteiger partial charge in [0.25, 0.3) is 0 Å². The summed E-state index contributed by atoms with van der Waals surface area (Å²) in [5.74, 6) is -0.145. The molecule has 0 spiro atoms. The average Bonchev–Trinajstić information content (AvgIpc) is 2.48. The standard InChI is InChI=1S/C8H11NO3S2/c1-5(10)7-4-13-8(9-7)6(2)14(3,11)12/h4,6H,1-3H3. The minimum absolute atomic E-state index is 0.145. The highest BCUT2D eigenvalue weighted by Gasteiger charge is 2.21. The third kappa shape index (κ3) is 2.39. The number of Topliss-reactive ketones (excluding diaryl/α,β-unsaturated/α-hetero) is 1. The summed E-state index contributed by atoms with van der Waals surface area (Å²) in [6, 6.07) is 0. The molecular formula is C8H11NO3S2. The first kappa shape index (κ1) is 11.3. The van der Waals surface area contributed by atoms with Crippen LogP contribution in [0.15, 0.2) is 5.38 Å². The number of hydrogen-bond donors (Lipinski definition) is 0. The zero-order valence-electron chi connectivity index (χ0n) is 8.14. The predicted octanol–water partition coefficient (Wildman–Crippen LogP) is 1.45. The smallest absolute Gasteiger partial charge is 0.178 e. The van der Waals surface area contributed by atoms with Gasteiger partial charge in [-0.25, -0.2) is 13.4 Å². The second-order valence-electron chi connectivity index (χ2n) is 3.10. The fraction of sp³-hybridized carbons (Fsp3) is 0.500. The first-order chi connectivity index (χ1) is 6.32. The highest BCUT2D eigenvalue weighted by molar-refractivity contribution is 7.91. The molecule has 0 aliphatic carbocycles. The number of thiazole rings is 1. The molecule has 0 aromatic carbocycles. The van der Waals surface area contributed by atoms with Gasteiger partial charge in [0.05, 0.1) is 0 Å². The van der Waals surface area contributed by atoms with Crippen molar-refractivity contribution in [2.75, 3.05) is 6.26 Å². The summed E-state index contributed by atoms with van der Waals surface area (Å²) in [6.45, 7) is 2.97. The van der Waals surface area contributed by atoms with Crippen molar-refractivity contribution >= 4 is 27.0 Å². The number of carbonyl (C=O) groups excluding carboxylic acids is 1. The average molecular weight is 233 g/mol. The maximum Gasteiger partial charge on any atom is 0.178 e. The van der Waals surface area contributed by atoms with Crippen molar-refractivity contribution in [3.05, 3.63) is 16.1 Å². The molecule has 14 heavy (non-hydrogen) atoms. The third-order valence-electron chi connectivity index (χ3n) is 1.87. The molecule has 78 valence electrons. The summed E-state index contributed by atoms with van der Waals surface area (Å²) < 4.78 is 22.4. The number of ketones is 1. The van der Waals surface area contributed by atoms with Gasteiger partial charge in [-0.2, -0.15) is 0 Å². The molecule has 0 aliphatic rings. The van der Waals surface area contributed by atoms with Crippen LogP contribution in [0.4, 0.5) is 0 Å². The van der Waals surface area contributed by atoms with Crippen molar-refractivity contribution in [3.63, 3.8) is 0 Å². The van der Waals surface area contributed by atoms with E-state index in [-0.39, 0.29) is 5.78 Å². The lowest BCUT2D eigenvalue weighted by atomic mass is 10.3. The number of sulfone groups is 1. The van der Waals surface area contributed by atoms with Gasteiger partial charge in [0.1, 0.15) is 16.0 Å². The van der Waals surface area contributed by atoms with E-state index in [1.807, 2.05) is 0 Å². The molecule has 6 heteroatoms.